The Hall–Kier alpha value is -1.10. The molecule has 2 aliphatic heterocycles. The van der Waals surface area contributed by atoms with Crippen molar-refractivity contribution in [1.82, 2.24) is 9.80 Å². The standard InChI is InChI=1S/C10H16N2O3/c13-6-5-11-7-9(14)12-4-2-1-3-8(12)10(11)15/h8,13H,1-7H2. The number of β-amino-alcohol motifs (C(OH)–C–C–N with tert-alkyl or cyclic N) is 1. The first-order chi connectivity index (χ1) is 7.24. The summed E-state index contributed by atoms with van der Waals surface area (Å²) in [5.74, 6) is 0.0242. The fraction of sp³-hybridized carbons (Fsp3) is 0.800. The van der Waals surface area contributed by atoms with E-state index in [2.05, 4.69) is 0 Å². The molecule has 5 heteroatoms. The number of hydrogen-bond acceptors (Lipinski definition) is 3. The molecule has 2 saturated heterocycles. The predicted molar refractivity (Wildman–Crippen MR) is 53.0 cm³/mol. The molecule has 2 rings (SSSR count). The van der Waals surface area contributed by atoms with Crippen LogP contribution in [0.5, 0.6) is 0 Å². The van der Waals surface area contributed by atoms with Gasteiger partial charge in [0.05, 0.1) is 13.2 Å². The normalized spacial score (nSPS) is 26.9. The van der Waals surface area contributed by atoms with E-state index in [0.717, 1.165) is 19.3 Å². The highest BCUT2D eigenvalue weighted by atomic mass is 16.3. The first-order valence-corrected chi connectivity index (χ1v) is 5.43. The molecule has 15 heavy (non-hydrogen) atoms. The zero-order valence-corrected chi connectivity index (χ0v) is 8.69. The molecule has 0 aliphatic carbocycles. The van der Waals surface area contributed by atoms with E-state index in [0.29, 0.717) is 6.54 Å². The zero-order chi connectivity index (χ0) is 10.8. The topological polar surface area (TPSA) is 60.9 Å². The third-order valence-corrected chi connectivity index (χ3v) is 3.12. The van der Waals surface area contributed by atoms with E-state index in [1.54, 1.807) is 4.90 Å². The van der Waals surface area contributed by atoms with E-state index in [1.165, 1.54) is 4.90 Å². The molecule has 0 bridgehead atoms. The van der Waals surface area contributed by atoms with Gasteiger partial charge in [-0.1, -0.05) is 0 Å². The maximum absolute atomic E-state index is 11.9. The van der Waals surface area contributed by atoms with Gasteiger partial charge in [0.25, 0.3) is 0 Å². The summed E-state index contributed by atoms with van der Waals surface area (Å²) < 4.78 is 0. The number of carbonyl (C=O) groups excluding carboxylic acids is 2. The summed E-state index contributed by atoms with van der Waals surface area (Å²) in [6.07, 6.45) is 2.77. The second-order valence-electron chi connectivity index (χ2n) is 4.08. The highest BCUT2D eigenvalue weighted by molar-refractivity contribution is 5.95. The Balaban J connectivity index is 2.11. The molecule has 2 heterocycles. The van der Waals surface area contributed by atoms with Crippen molar-refractivity contribution in [2.24, 2.45) is 0 Å². The molecule has 0 aromatic carbocycles. The zero-order valence-electron chi connectivity index (χ0n) is 8.69. The Labute approximate surface area is 88.6 Å². The third-order valence-electron chi connectivity index (χ3n) is 3.12. The number of piperidine rings is 1. The molecule has 0 spiro atoms. The van der Waals surface area contributed by atoms with Gasteiger partial charge in [-0.15, -0.1) is 0 Å². The number of amides is 2. The van der Waals surface area contributed by atoms with Gasteiger partial charge >= 0.3 is 0 Å². The summed E-state index contributed by atoms with van der Waals surface area (Å²) in [4.78, 5) is 26.8. The molecule has 5 nitrogen and oxygen atoms in total. The summed E-state index contributed by atoms with van der Waals surface area (Å²) in [5, 5.41) is 8.80. The second-order valence-corrected chi connectivity index (χ2v) is 4.08. The van der Waals surface area contributed by atoms with Crippen LogP contribution in [0.15, 0.2) is 0 Å². The van der Waals surface area contributed by atoms with Crippen LogP contribution in [-0.2, 0) is 9.59 Å². The van der Waals surface area contributed by atoms with Gasteiger partial charge in [-0.2, -0.15) is 0 Å². The minimum Gasteiger partial charge on any atom is -0.395 e. The van der Waals surface area contributed by atoms with Crippen molar-refractivity contribution in [2.75, 3.05) is 26.2 Å². The van der Waals surface area contributed by atoms with Crippen LogP contribution in [0, 0.1) is 0 Å². The van der Waals surface area contributed by atoms with E-state index < -0.39 is 0 Å². The van der Waals surface area contributed by atoms with Crippen LogP contribution in [0.1, 0.15) is 19.3 Å². The van der Waals surface area contributed by atoms with E-state index in [9.17, 15) is 9.59 Å². The fourth-order valence-corrected chi connectivity index (χ4v) is 2.34. The molecule has 1 unspecified atom stereocenters. The van der Waals surface area contributed by atoms with E-state index in [-0.39, 0.29) is 37.6 Å². The van der Waals surface area contributed by atoms with Crippen LogP contribution in [0.2, 0.25) is 0 Å². The van der Waals surface area contributed by atoms with Crippen LogP contribution in [0.4, 0.5) is 0 Å². The minimum absolute atomic E-state index is 0.00310. The number of rotatable bonds is 2. The molecule has 2 amide bonds. The average Bonchev–Trinajstić information content (AvgIpc) is 2.26. The van der Waals surface area contributed by atoms with E-state index in [4.69, 9.17) is 5.11 Å². The van der Waals surface area contributed by atoms with Gasteiger partial charge in [0.2, 0.25) is 11.8 Å². The monoisotopic (exact) mass is 212 g/mol. The minimum atomic E-state index is -0.258. The molecular weight excluding hydrogens is 196 g/mol. The Morgan fingerprint density at radius 3 is 2.87 bits per heavy atom. The van der Waals surface area contributed by atoms with Crippen molar-refractivity contribution in [3.63, 3.8) is 0 Å². The van der Waals surface area contributed by atoms with Gasteiger partial charge < -0.3 is 14.9 Å². The number of hydrogen-bond donors (Lipinski definition) is 1. The van der Waals surface area contributed by atoms with E-state index in [1.807, 2.05) is 0 Å². The SMILES string of the molecule is O=C1C2CCCCN2C(=O)CN1CCO. The van der Waals surface area contributed by atoms with Gasteiger partial charge in [0.1, 0.15) is 6.04 Å². The Morgan fingerprint density at radius 1 is 1.33 bits per heavy atom. The highest BCUT2D eigenvalue weighted by Gasteiger charge is 2.39. The smallest absolute Gasteiger partial charge is 0.245 e. The lowest BCUT2D eigenvalue weighted by atomic mass is 9.98. The maximum Gasteiger partial charge on any atom is 0.245 e. The molecule has 0 aromatic rings. The molecule has 1 N–H and O–H groups in total. The summed E-state index contributed by atoms with van der Waals surface area (Å²) in [7, 11) is 0. The number of carbonyl (C=O) groups is 2. The molecule has 84 valence electrons. The van der Waals surface area contributed by atoms with Crippen LogP contribution in [0.3, 0.4) is 0 Å². The molecule has 0 radical (unpaired) electrons. The highest BCUT2D eigenvalue weighted by Crippen LogP contribution is 2.22. The Kier molecular flexibility index (Phi) is 2.90. The fourth-order valence-electron chi connectivity index (χ4n) is 2.34. The average molecular weight is 212 g/mol. The van der Waals surface area contributed by atoms with Gasteiger partial charge in [-0.3, -0.25) is 9.59 Å². The largest absolute Gasteiger partial charge is 0.395 e. The quantitative estimate of drug-likeness (QED) is 0.652. The lowest BCUT2D eigenvalue weighted by Crippen LogP contribution is -2.61. The van der Waals surface area contributed by atoms with Crippen LogP contribution in [0.25, 0.3) is 0 Å². The second kappa shape index (κ2) is 4.18. The summed E-state index contributed by atoms with van der Waals surface area (Å²) in [6, 6.07) is -0.258. The number of aliphatic hydroxyl groups excluding tert-OH is 1. The van der Waals surface area contributed by atoms with Crippen molar-refractivity contribution < 1.29 is 14.7 Å². The number of fused-ring (bicyclic) bond motifs is 1. The van der Waals surface area contributed by atoms with Gasteiger partial charge in [0, 0.05) is 13.1 Å². The maximum atomic E-state index is 11.9. The predicted octanol–water partition coefficient (Wildman–Crippen LogP) is -0.798. The van der Waals surface area contributed by atoms with Crippen LogP contribution >= 0.6 is 0 Å². The van der Waals surface area contributed by atoms with Crippen molar-refractivity contribution >= 4 is 11.8 Å². The Bertz CT molecular complexity index is 280. The van der Waals surface area contributed by atoms with Crippen molar-refractivity contribution in [3.05, 3.63) is 0 Å². The third kappa shape index (κ3) is 1.84. The van der Waals surface area contributed by atoms with Crippen LogP contribution in [-0.4, -0.2) is 59.0 Å². The summed E-state index contributed by atoms with van der Waals surface area (Å²) >= 11 is 0. The summed E-state index contributed by atoms with van der Waals surface area (Å²) in [6.45, 7) is 1.04. The molecule has 1 atom stereocenters. The summed E-state index contributed by atoms with van der Waals surface area (Å²) in [5.41, 5.74) is 0. The number of piperazine rings is 1. The van der Waals surface area contributed by atoms with Crippen molar-refractivity contribution in [3.8, 4) is 0 Å². The van der Waals surface area contributed by atoms with Gasteiger partial charge in [-0.05, 0) is 19.3 Å². The first-order valence-electron chi connectivity index (χ1n) is 5.43. The van der Waals surface area contributed by atoms with Gasteiger partial charge in [-0.25, -0.2) is 0 Å². The molecule has 0 saturated carbocycles. The molecule has 0 aromatic heterocycles. The lowest BCUT2D eigenvalue weighted by Gasteiger charge is -2.42. The van der Waals surface area contributed by atoms with Crippen molar-refractivity contribution in [1.29, 1.82) is 0 Å². The van der Waals surface area contributed by atoms with Crippen molar-refractivity contribution in [2.45, 2.75) is 25.3 Å². The van der Waals surface area contributed by atoms with E-state index >= 15 is 0 Å². The number of aliphatic hydroxyl groups is 1. The molecule has 2 fully saturated rings. The molecular formula is C10H16N2O3. The lowest BCUT2D eigenvalue weighted by molar-refractivity contribution is -0.158. The first kappa shape index (κ1) is 10.4. The van der Waals surface area contributed by atoms with Crippen LogP contribution < -0.4 is 0 Å². The number of nitrogens with zero attached hydrogens (tertiary/aromatic N) is 2. The Morgan fingerprint density at radius 2 is 2.13 bits per heavy atom. The van der Waals surface area contributed by atoms with Gasteiger partial charge in [0.15, 0.2) is 0 Å². The molecule has 2 aliphatic rings.